The fourth-order valence-corrected chi connectivity index (χ4v) is 1.43. The number of ether oxygens (including phenoxy) is 2. The molecule has 0 spiro atoms. The van der Waals surface area contributed by atoms with Gasteiger partial charge in [0.15, 0.2) is 6.61 Å². The molecule has 0 atom stereocenters. The van der Waals surface area contributed by atoms with Crippen molar-refractivity contribution >= 4 is 17.6 Å². The van der Waals surface area contributed by atoms with Crippen LogP contribution in [0.2, 0.25) is 0 Å². The van der Waals surface area contributed by atoms with Gasteiger partial charge in [-0.15, -0.1) is 0 Å². The number of nitrogen functional groups attached to an aromatic ring is 1. The molecule has 0 aliphatic heterocycles. The van der Waals surface area contributed by atoms with Crippen molar-refractivity contribution in [1.29, 1.82) is 0 Å². The van der Waals surface area contributed by atoms with E-state index in [4.69, 9.17) is 10.5 Å². The van der Waals surface area contributed by atoms with E-state index in [1.165, 1.54) is 7.11 Å². The van der Waals surface area contributed by atoms with Crippen molar-refractivity contribution in [2.75, 3.05) is 32.6 Å². The Morgan fingerprint density at radius 1 is 1.29 bits per heavy atom. The summed E-state index contributed by atoms with van der Waals surface area (Å²) in [4.78, 5) is 22.9. The number of benzene rings is 1. The van der Waals surface area contributed by atoms with E-state index < -0.39 is 35.7 Å². The Bertz CT molecular complexity index is 523. The van der Waals surface area contributed by atoms with Gasteiger partial charge in [0.2, 0.25) is 0 Å². The number of rotatable bonds is 7. The number of anilines is 1. The molecule has 0 aliphatic carbocycles. The smallest absolute Gasteiger partial charge is 0.341 e. The van der Waals surface area contributed by atoms with E-state index in [0.717, 1.165) is 6.07 Å². The zero-order chi connectivity index (χ0) is 15.8. The average Bonchev–Trinajstić information content (AvgIpc) is 2.45. The molecule has 8 heteroatoms. The second kappa shape index (κ2) is 8.15. The number of halogens is 2. The number of amides is 1. The minimum Gasteiger partial charge on any atom is -0.452 e. The van der Waals surface area contributed by atoms with Crippen LogP contribution in [-0.2, 0) is 14.3 Å². The topological polar surface area (TPSA) is 90.6 Å². The monoisotopic (exact) mass is 302 g/mol. The molecular formula is C13H16F2N2O4. The lowest BCUT2D eigenvalue weighted by Gasteiger charge is -2.07. The van der Waals surface area contributed by atoms with Crippen molar-refractivity contribution in [3.05, 3.63) is 29.3 Å². The highest BCUT2D eigenvalue weighted by Gasteiger charge is 2.17. The maximum atomic E-state index is 13.4. The van der Waals surface area contributed by atoms with Crippen LogP contribution in [-0.4, -0.2) is 38.7 Å². The van der Waals surface area contributed by atoms with Gasteiger partial charge in [-0.25, -0.2) is 13.6 Å². The maximum Gasteiger partial charge on any atom is 0.341 e. The van der Waals surface area contributed by atoms with E-state index in [1.807, 2.05) is 0 Å². The molecule has 116 valence electrons. The molecular weight excluding hydrogens is 286 g/mol. The zero-order valence-electron chi connectivity index (χ0n) is 11.4. The summed E-state index contributed by atoms with van der Waals surface area (Å²) in [5.74, 6) is -3.70. The van der Waals surface area contributed by atoms with Crippen molar-refractivity contribution in [1.82, 2.24) is 5.32 Å². The number of carbonyl (C=O) groups is 2. The summed E-state index contributed by atoms with van der Waals surface area (Å²) in [7, 11) is 1.53. The van der Waals surface area contributed by atoms with E-state index in [2.05, 4.69) is 10.1 Å². The standard InChI is InChI=1S/C13H16F2N2O4/c1-20-4-2-3-17-12(18)7-21-13(19)8-5-11(16)10(15)6-9(8)14/h5-6H,2-4,7,16H2,1H3,(H,17,18). The summed E-state index contributed by atoms with van der Waals surface area (Å²) in [6.45, 7) is 0.282. The van der Waals surface area contributed by atoms with Gasteiger partial charge in [0, 0.05) is 26.3 Å². The second-order valence-electron chi connectivity index (χ2n) is 4.13. The van der Waals surface area contributed by atoms with Crippen LogP contribution in [0.4, 0.5) is 14.5 Å². The summed E-state index contributed by atoms with van der Waals surface area (Å²) in [6.07, 6.45) is 0.610. The van der Waals surface area contributed by atoms with Gasteiger partial charge in [-0.1, -0.05) is 0 Å². The number of hydrogen-bond acceptors (Lipinski definition) is 5. The van der Waals surface area contributed by atoms with Crippen LogP contribution < -0.4 is 11.1 Å². The lowest BCUT2D eigenvalue weighted by atomic mass is 10.2. The Labute approximate surface area is 120 Å². The lowest BCUT2D eigenvalue weighted by Crippen LogP contribution is -2.30. The highest BCUT2D eigenvalue weighted by atomic mass is 19.1. The van der Waals surface area contributed by atoms with Crippen LogP contribution in [0.25, 0.3) is 0 Å². The summed E-state index contributed by atoms with van der Waals surface area (Å²) >= 11 is 0. The predicted molar refractivity (Wildman–Crippen MR) is 70.6 cm³/mol. The molecule has 1 amide bonds. The third-order valence-electron chi connectivity index (χ3n) is 2.49. The molecule has 3 N–H and O–H groups in total. The largest absolute Gasteiger partial charge is 0.452 e. The zero-order valence-corrected chi connectivity index (χ0v) is 11.4. The first kappa shape index (κ1) is 16.8. The van der Waals surface area contributed by atoms with Crippen LogP contribution in [0, 0.1) is 11.6 Å². The Balaban J connectivity index is 2.47. The van der Waals surface area contributed by atoms with Crippen LogP contribution in [0.3, 0.4) is 0 Å². The molecule has 0 aromatic heterocycles. The molecule has 6 nitrogen and oxygen atoms in total. The lowest BCUT2D eigenvalue weighted by molar-refractivity contribution is -0.124. The van der Waals surface area contributed by atoms with Gasteiger partial charge in [0.25, 0.3) is 5.91 Å². The molecule has 0 unspecified atom stereocenters. The molecule has 0 fully saturated rings. The van der Waals surface area contributed by atoms with Crippen molar-refractivity contribution < 1.29 is 27.8 Å². The van der Waals surface area contributed by atoms with Crippen LogP contribution in [0.15, 0.2) is 12.1 Å². The van der Waals surface area contributed by atoms with E-state index in [9.17, 15) is 18.4 Å². The van der Waals surface area contributed by atoms with Gasteiger partial charge < -0.3 is 20.5 Å². The highest BCUT2D eigenvalue weighted by molar-refractivity contribution is 5.92. The van der Waals surface area contributed by atoms with Gasteiger partial charge in [-0.3, -0.25) is 4.79 Å². The Kier molecular flexibility index (Phi) is 6.54. The first-order valence-corrected chi connectivity index (χ1v) is 6.13. The van der Waals surface area contributed by atoms with Crippen LogP contribution in [0.1, 0.15) is 16.8 Å². The van der Waals surface area contributed by atoms with Crippen LogP contribution in [0.5, 0.6) is 0 Å². The Morgan fingerprint density at radius 3 is 2.67 bits per heavy atom. The minimum atomic E-state index is -1.10. The third-order valence-corrected chi connectivity index (χ3v) is 2.49. The molecule has 0 saturated carbocycles. The quantitative estimate of drug-likeness (QED) is 0.443. The van der Waals surface area contributed by atoms with Crippen LogP contribution >= 0.6 is 0 Å². The maximum absolute atomic E-state index is 13.4. The van der Waals surface area contributed by atoms with Gasteiger partial charge in [-0.2, -0.15) is 0 Å². The van der Waals surface area contributed by atoms with Gasteiger partial charge in [0.05, 0.1) is 11.3 Å². The Hall–Kier alpha value is -2.22. The number of nitrogens with one attached hydrogen (secondary N) is 1. The summed E-state index contributed by atoms with van der Waals surface area (Å²) in [5.41, 5.74) is 4.33. The summed E-state index contributed by atoms with van der Waals surface area (Å²) in [6, 6.07) is 1.31. The molecule has 21 heavy (non-hydrogen) atoms. The average molecular weight is 302 g/mol. The second-order valence-corrected chi connectivity index (χ2v) is 4.13. The molecule has 0 bridgehead atoms. The normalized spacial score (nSPS) is 10.2. The van der Waals surface area contributed by atoms with Gasteiger partial charge in [-0.05, 0) is 12.5 Å². The summed E-state index contributed by atoms with van der Waals surface area (Å²) < 4.78 is 35.7. The highest BCUT2D eigenvalue weighted by Crippen LogP contribution is 2.17. The Morgan fingerprint density at radius 2 is 2.00 bits per heavy atom. The van der Waals surface area contributed by atoms with Crippen molar-refractivity contribution in [3.8, 4) is 0 Å². The molecule has 0 heterocycles. The number of esters is 1. The molecule has 0 saturated heterocycles. The first-order chi connectivity index (χ1) is 9.95. The third kappa shape index (κ3) is 5.35. The number of methoxy groups -OCH3 is 1. The van der Waals surface area contributed by atoms with E-state index in [-0.39, 0.29) is 5.69 Å². The van der Waals surface area contributed by atoms with E-state index in [1.54, 1.807) is 0 Å². The first-order valence-electron chi connectivity index (χ1n) is 6.13. The number of nitrogens with two attached hydrogens (primary N) is 1. The predicted octanol–water partition coefficient (Wildman–Crippen LogP) is 0.856. The fourth-order valence-electron chi connectivity index (χ4n) is 1.43. The molecule has 0 radical (unpaired) electrons. The minimum absolute atomic E-state index is 0.363. The SMILES string of the molecule is COCCCNC(=O)COC(=O)c1cc(N)c(F)cc1F. The van der Waals surface area contributed by atoms with E-state index >= 15 is 0 Å². The van der Waals surface area contributed by atoms with Gasteiger partial charge >= 0.3 is 5.97 Å². The molecule has 0 aliphatic rings. The molecule has 1 aromatic rings. The molecule has 1 rings (SSSR count). The molecule has 1 aromatic carbocycles. The summed E-state index contributed by atoms with van der Waals surface area (Å²) in [5, 5.41) is 2.48. The fraction of sp³-hybridized carbons (Fsp3) is 0.385. The van der Waals surface area contributed by atoms with Crippen molar-refractivity contribution in [2.24, 2.45) is 0 Å². The number of carbonyl (C=O) groups excluding carboxylic acids is 2. The number of hydrogen-bond donors (Lipinski definition) is 2. The van der Waals surface area contributed by atoms with Gasteiger partial charge in [0.1, 0.15) is 11.6 Å². The van der Waals surface area contributed by atoms with Crippen molar-refractivity contribution in [2.45, 2.75) is 6.42 Å². The van der Waals surface area contributed by atoms with Crippen molar-refractivity contribution in [3.63, 3.8) is 0 Å². The van der Waals surface area contributed by atoms with E-state index in [0.29, 0.717) is 25.6 Å².